The smallest absolute Gasteiger partial charge is 0.311 e. The second-order valence-electron chi connectivity index (χ2n) is 4.09. The number of benzene rings is 2. The normalized spacial score (nSPS) is 10.1. The monoisotopic (exact) mass is 276 g/mol. The molecule has 2 aromatic rings. The minimum Gasteiger partial charge on any atom is -0.490 e. The largest absolute Gasteiger partial charge is 0.490 e. The topological polar surface area (TPSA) is 64.4 Å². The first kappa shape index (κ1) is 13.8. The average Bonchev–Trinajstić information content (AvgIpc) is 2.46. The zero-order valence-corrected chi connectivity index (χ0v) is 10.8. The van der Waals surface area contributed by atoms with Gasteiger partial charge in [-0.05, 0) is 12.1 Å². The molecule has 6 heteroatoms. The van der Waals surface area contributed by atoms with Gasteiger partial charge in [-0.15, -0.1) is 0 Å². The van der Waals surface area contributed by atoms with E-state index < -0.39 is 4.92 Å². The Balaban J connectivity index is 2.15. The minimum absolute atomic E-state index is 0.107. The molecule has 104 valence electrons. The Kier molecular flexibility index (Phi) is 4.14. The van der Waals surface area contributed by atoms with E-state index in [1.165, 1.54) is 25.3 Å². The van der Waals surface area contributed by atoms with Crippen LogP contribution in [0.4, 0.5) is 15.8 Å². The lowest BCUT2D eigenvalue weighted by Gasteiger charge is -2.09. The number of anilines is 1. The Hall–Kier alpha value is -2.63. The second-order valence-corrected chi connectivity index (χ2v) is 4.09. The molecule has 0 spiro atoms. The summed E-state index contributed by atoms with van der Waals surface area (Å²) < 4.78 is 18.4. The van der Waals surface area contributed by atoms with Crippen molar-refractivity contribution in [1.29, 1.82) is 0 Å². The van der Waals surface area contributed by atoms with E-state index in [-0.39, 0.29) is 23.8 Å². The molecule has 0 bridgehead atoms. The predicted molar refractivity (Wildman–Crippen MR) is 73.4 cm³/mol. The number of halogens is 1. The Labute approximate surface area is 115 Å². The fraction of sp³-hybridized carbons (Fsp3) is 0.143. The van der Waals surface area contributed by atoms with Crippen LogP contribution in [0.5, 0.6) is 5.75 Å². The minimum atomic E-state index is -0.514. The SMILES string of the molecule is COc1cc(NCc2ccccc2F)ccc1[N+](=O)[O-]. The summed E-state index contributed by atoms with van der Waals surface area (Å²) >= 11 is 0. The van der Waals surface area contributed by atoms with Gasteiger partial charge in [0.05, 0.1) is 12.0 Å². The molecule has 0 atom stereocenters. The highest BCUT2D eigenvalue weighted by Crippen LogP contribution is 2.29. The summed E-state index contributed by atoms with van der Waals surface area (Å²) in [6.45, 7) is 0.285. The number of nitro groups is 1. The standard InChI is InChI=1S/C14H13FN2O3/c1-20-14-8-11(6-7-13(14)17(18)19)16-9-10-4-2-3-5-12(10)15/h2-8,16H,9H2,1H3. The predicted octanol–water partition coefficient (Wildman–Crippen LogP) is 3.35. The summed E-state index contributed by atoms with van der Waals surface area (Å²) in [4.78, 5) is 10.3. The number of rotatable bonds is 5. The maximum Gasteiger partial charge on any atom is 0.311 e. The van der Waals surface area contributed by atoms with Gasteiger partial charge in [0.1, 0.15) is 5.82 Å². The summed E-state index contributed by atoms with van der Waals surface area (Å²) in [7, 11) is 1.36. The van der Waals surface area contributed by atoms with Gasteiger partial charge in [0, 0.05) is 29.9 Å². The number of nitrogens with one attached hydrogen (secondary N) is 1. The maximum atomic E-state index is 13.5. The van der Waals surface area contributed by atoms with Crippen molar-refractivity contribution < 1.29 is 14.1 Å². The molecule has 0 fully saturated rings. The van der Waals surface area contributed by atoms with Crippen molar-refractivity contribution in [3.8, 4) is 5.75 Å². The third kappa shape index (κ3) is 3.03. The first-order valence-electron chi connectivity index (χ1n) is 5.91. The van der Waals surface area contributed by atoms with Gasteiger partial charge in [0.15, 0.2) is 5.75 Å². The molecule has 0 unspecified atom stereocenters. The molecule has 0 aromatic heterocycles. The van der Waals surface area contributed by atoms with Crippen LogP contribution in [0.1, 0.15) is 5.56 Å². The van der Waals surface area contributed by atoms with E-state index in [1.807, 2.05) is 0 Å². The molecular weight excluding hydrogens is 263 g/mol. The quantitative estimate of drug-likeness (QED) is 0.671. The zero-order valence-electron chi connectivity index (χ0n) is 10.8. The summed E-state index contributed by atoms with van der Waals surface area (Å²) in [5.41, 5.74) is 1.03. The lowest BCUT2D eigenvalue weighted by molar-refractivity contribution is -0.385. The van der Waals surface area contributed by atoms with Crippen molar-refractivity contribution in [2.45, 2.75) is 6.54 Å². The lowest BCUT2D eigenvalue weighted by Crippen LogP contribution is -2.02. The van der Waals surface area contributed by atoms with Crippen LogP contribution in [0.3, 0.4) is 0 Å². The highest BCUT2D eigenvalue weighted by atomic mass is 19.1. The van der Waals surface area contributed by atoms with E-state index >= 15 is 0 Å². The van der Waals surface area contributed by atoms with E-state index in [4.69, 9.17) is 4.74 Å². The van der Waals surface area contributed by atoms with Crippen LogP contribution in [0.15, 0.2) is 42.5 Å². The van der Waals surface area contributed by atoms with Crippen molar-refractivity contribution in [1.82, 2.24) is 0 Å². The van der Waals surface area contributed by atoms with Gasteiger partial charge in [-0.3, -0.25) is 10.1 Å². The van der Waals surface area contributed by atoms with Gasteiger partial charge in [-0.2, -0.15) is 0 Å². The van der Waals surface area contributed by atoms with Crippen LogP contribution >= 0.6 is 0 Å². The number of ether oxygens (including phenoxy) is 1. The van der Waals surface area contributed by atoms with Gasteiger partial charge in [0.25, 0.3) is 0 Å². The third-order valence-corrected chi connectivity index (χ3v) is 2.82. The van der Waals surface area contributed by atoms with Crippen molar-refractivity contribution in [3.63, 3.8) is 0 Å². The van der Waals surface area contributed by atoms with Gasteiger partial charge in [0.2, 0.25) is 0 Å². The van der Waals surface area contributed by atoms with Gasteiger partial charge >= 0.3 is 5.69 Å². The number of hydrogen-bond donors (Lipinski definition) is 1. The molecule has 0 amide bonds. The molecule has 0 aliphatic heterocycles. The first-order valence-corrected chi connectivity index (χ1v) is 5.91. The summed E-state index contributed by atoms with van der Waals surface area (Å²) in [5.74, 6) is -0.137. The summed E-state index contributed by atoms with van der Waals surface area (Å²) in [6.07, 6.45) is 0. The molecule has 0 heterocycles. The fourth-order valence-electron chi connectivity index (χ4n) is 1.78. The van der Waals surface area contributed by atoms with Crippen LogP contribution in [0.2, 0.25) is 0 Å². The van der Waals surface area contributed by atoms with Crippen LogP contribution < -0.4 is 10.1 Å². The Morgan fingerprint density at radius 2 is 2.05 bits per heavy atom. The lowest BCUT2D eigenvalue weighted by atomic mass is 10.2. The van der Waals surface area contributed by atoms with E-state index in [1.54, 1.807) is 24.3 Å². The fourth-order valence-corrected chi connectivity index (χ4v) is 1.78. The van der Waals surface area contributed by atoms with Gasteiger partial charge in [-0.25, -0.2) is 4.39 Å². The summed E-state index contributed by atoms with van der Waals surface area (Å²) in [5, 5.41) is 13.8. The average molecular weight is 276 g/mol. The maximum absolute atomic E-state index is 13.5. The molecule has 2 aromatic carbocycles. The molecule has 2 rings (SSSR count). The van der Waals surface area contributed by atoms with Crippen molar-refractivity contribution in [2.24, 2.45) is 0 Å². The van der Waals surface area contributed by atoms with E-state index in [9.17, 15) is 14.5 Å². The molecule has 1 N–H and O–H groups in total. The molecule has 0 radical (unpaired) electrons. The molecular formula is C14H13FN2O3. The number of methoxy groups -OCH3 is 1. The first-order chi connectivity index (χ1) is 9.61. The van der Waals surface area contributed by atoms with Crippen molar-refractivity contribution in [3.05, 3.63) is 64.0 Å². The highest BCUT2D eigenvalue weighted by molar-refractivity contribution is 5.58. The second kappa shape index (κ2) is 6.01. The Morgan fingerprint density at radius 1 is 1.30 bits per heavy atom. The third-order valence-electron chi connectivity index (χ3n) is 2.82. The van der Waals surface area contributed by atoms with Gasteiger partial charge in [-0.1, -0.05) is 18.2 Å². The van der Waals surface area contributed by atoms with Crippen molar-refractivity contribution >= 4 is 11.4 Å². The van der Waals surface area contributed by atoms with Crippen LogP contribution in [-0.2, 0) is 6.54 Å². The Morgan fingerprint density at radius 3 is 2.70 bits per heavy atom. The number of nitrogens with zero attached hydrogens (tertiary/aromatic N) is 1. The number of nitro benzene ring substituents is 1. The molecule has 5 nitrogen and oxygen atoms in total. The van der Waals surface area contributed by atoms with Crippen LogP contribution in [-0.4, -0.2) is 12.0 Å². The highest BCUT2D eigenvalue weighted by Gasteiger charge is 2.14. The van der Waals surface area contributed by atoms with Gasteiger partial charge < -0.3 is 10.1 Å². The van der Waals surface area contributed by atoms with Crippen LogP contribution in [0.25, 0.3) is 0 Å². The summed E-state index contributed by atoms with van der Waals surface area (Å²) in [6, 6.07) is 10.8. The molecule has 0 saturated heterocycles. The van der Waals surface area contributed by atoms with E-state index in [0.717, 1.165) is 0 Å². The van der Waals surface area contributed by atoms with Crippen molar-refractivity contribution in [2.75, 3.05) is 12.4 Å². The molecule has 0 aliphatic rings. The molecule has 0 saturated carbocycles. The van der Waals surface area contributed by atoms with Crippen LogP contribution in [0, 0.1) is 15.9 Å². The van der Waals surface area contributed by atoms with E-state index in [2.05, 4.69) is 5.32 Å². The number of hydrogen-bond acceptors (Lipinski definition) is 4. The molecule has 20 heavy (non-hydrogen) atoms. The Bertz CT molecular complexity index is 632. The van der Waals surface area contributed by atoms with E-state index in [0.29, 0.717) is 11.3 Å². The zero-order chi connectivity index (χ0) is 14.5. The molecule has 0 aliphatic carbocycles.